The number of guanidine groups is 3. The number of amides is 3. The third kappa shape index (κ3) is 12.7. The zero-order valence-electron chi connectivity index (χ0n) is 61.6. The van der Waals surface area contributed by atoms with Gasteiger partial charge in [0.2, 0.25) is 23.8 Å². The molecule has 26 heteroatoms. The number of hydrogen-bond acceptors (Lipinski definition) is 18. The van der Waals surface area contributed by atoms with E-state index < -0.39 is 16.7 Å². The van der Waals surface area contributed by atoms with Crippen molar-refractivity contribution in [1.29, 1.82) is 0 Å². The molecule has 12 heterocycles. The molecule has 5 aromatic carbocycles. The second-order valence-corrected chi connectivity index (χ2v) is 32.4. The highest BCUT2D eigenvalue weighted by Gasteiger charge is 2.53. The Bertz CT molecular complexity index is 5570. The van der Waals surface area contributed by atoms with Gasteiger partial charge < -0.3 is 0 Å². The molecule has 3 aliphatic carbocycles. The molecule has 20 rings (SSSR count). The molecule has 0 bridgehead atoms. The van der Waals surface area contributed by atoms with Crippen LogP contribution in [0.15, 0.2) is 228 Å². The van der Waals surface area contributed by atoms with Crippen molar-refractivity contribution < 1.29 is 23.0 Å². The second-order valence-electron chi connectivity index (χ2n) is 29.1. The van der Waals surface area contributed by atoms with Crippen LogP contribution in [0, 0.1) is 19.8 Å². The zero-order valence-corrected chi connectivity index (χ0v) is 64.1. The lowest BCUT2D eigenvalue weighted by atomic mass is 10.1. The number of halogens is 1. The fourth-order valence-electron chi connectivity index (χ4n) is 16.8. The van der Waals surface area contributed by atoms with Gasteiger partial charge in [-0.1, -0.05) is 139 Å². The first-order valence-electron chi connectivity index (χ1n) is 37.4. The van der Waals surface area contributed by atoms with E-state index in [0.29, 0.717) is 69.8 Å². The predicted molar refractivity (Wildman–Crippen MR) is 426 cm³/mol. The van der Waals surface area contributed by atoms with Crippen LogP contribution in [0.4, 0.5) is 21.8 Å². The summed E-state index contributed by atoms with van der Waals surface area (Å²) in [6.45, 7) is 5.49. The van der Waals surface area contributed by atoms with E-state index in [1.807, 2.05) is 141 Å². The molecule has 110 heavy (non-hydrogen) atoms. The molecule has 6 aliphatic heterocycles. The summed E-state index contributed by atoms with van der Waals surface area (Å²) < 4.78 is 33.3. The van der Waals surface area contributed by atoms with Crippen molar-refractivity contribution in [3.8, 4) is 33.8 Å². The third-order valence-electron chi connectivity index (χ3n) is 22.1. The van der Waals surface area contributed by atoms with Crippen LogP contribution in [0.1, 0.15) is 117 Å². The number of fused-ring (bicyclic) bond motifs is 15. The minimum Gasteiger partial charge on any atom is -0.289 e. The van der Waals surface area contributed by atoms with E-state index in [1.165, 1.54) is 12.5 Å². The van der Waals surface area contributed by atoms with Crippen LogP contribution in [0.25, 0.3) is 33.8 Å². The Hall–Kier alpha value is -11.2. The van der Waals surface area contributed by atoms with Gasteiger partial charge in [-0.3, -0.25) is 63.1 Å². The molecule has 0 saturated heterocycles. The Morgan fingerprint density at radius 2 is 0.809 bits per heavy atom. The SMILES string of the molecule is CN1C(=O)c2c(nn(Cc3ccc(-c4cccc(F)n4)cc3)c2S(=O)c2ccccc2)N2C1=N[C@@H]1CCC[C@@H]12.CSc1c2c(nn1Cc1ccc(-c3cccc(C)n3)cc1)N1C(=N[C@@H]3CCC[C@@H]31)N(C)C2=O.Cc1cccc(-c2ccc(Cn3nc4c(c3Sc3ccccc3)C(=O)N(C)C3=N[C@@H]5CCC[C@@H]5N34)cc2)n1. The lowest BCUT2D eigenvalue weighted by Crippen LogP contribution is -2.51. The number of anilines is 3. The molecule has 7 atom stereocenters. The molecule has 22 nitrogen and oxygen atoms in total. The number of carbonyl (C=O) groups excluding carboxylic acids is 3. The average molecular weight is 1520 g/mol. The first-order valence-corrected chi connectivity index (χ1v) is 40.6. The molecule has 0 radical (unpaired) electrons. The topological polar surface area (TPSA) is 217 Å². The number of aliphatic imine (C=N–C) groups is 3. The molecule has 3 saturated carbocycles. The maximum absolute atomic E-state index is 14.0. The average Bonchev–Trinajstić information content (AvgIpc) is 1.57. The summed E-state index contributed by atoms with van der Waals surface area (Å²) in [6.07, 6.45) is 11.7. The quantitative estimate of drug-likeness (QED) is 0.0730. The Balaban J connectivity index is 0.000000116. The lowest BCUT2D eigenvalue weighted by molar-refractivity contribution is 0.0853. The highest BCUT2D eigenvalue weighted by atomic mass is 32.2. The van der Waals surface area contributed by atoms with E-state index in [9.17, 15) is 23.0 Å². The molecule has 0 N–H and O–H groups in total. The van der Waals surface area contributed by atoms with Gasteiger partial charge in [0.05, 0.1) is 73.0 Å². The number of pyridine rings is 3. The van der Waals surface area contributed by atoms with E-state index in [-0.39, 0.29) is 47.9 Å². The molecule has 11 aromatic rings. The highest BCUT2D eigenvalue weighted by Crippen LogP contribution is 2.48. The lowest BCUT2D eigenvalue weighted by Gasteiger charge is -2.34. The van der Waals surface area contributed by atoms with E-state index in [0.717, 1.165) is 146 Å². The normalized spacial score (nSPS) is 20.5. The molecule has 0 spiro atoms. The standard InChI is InChI=1S/C30H28N6OS.C29H25FN6O2S.C25H26N6OS/c1-19-8-6-11-23(31-19)21-16-14-20(15-17-21)18-35-29(38-22-9-4-3-5-10-22)26-27(33-35)36-25-13-7-12-24(25)32-30(36)34(2)28(26)37;1-34-27(37)25-26(36-23-11-5-10-22(23)32-29(34)36)33-35(28(25)39(38)20-7-3-2-4-8-20)17-18-13-15-19(16-14-18)21-9-6-12-24(30)31-21;1-15-6-4-7-18(26-15)17-12-10-16(11-13-17)14-30-24(33-3)21-22(28-30)31-20-9-5-8-19(20)27-25(31)29(2)23(21)32/h3-6,8-11,14-17,24-25H,7,12-13,18H2,1-2H3;2-4,6-9,12-16,22-23H,5,10-11,17H2,1H3;4,6-7,10-13,19-20H,5,8-9,14H2,1-3H3/t24-,25+;22-,23+,39?;19-,20+/m111/s1. The fraction of sp³-hybridized carbons (Fsp3) is 0.286. The Morgan fingerprint density at radius 3 is 1.25 bits per heavy atom. The molecule has 554 valence electrons. The van der Waals surface area contributed by atoms with Gasteiger partial charge in [-0.25, -0.2) is 28.9 Å². The van der Waals surface area contributed by atoms with Crippen molar-refractivity contribution in [2.24, 2.45) is 15.0 Å². The largest absolute Gasteiger partial charge is 0.289 e. The van der Waals surface area contributed by atoms with Gasteiger partial charge in [0, 0.05) is 59.0 Å². The fourth-order valence-corrected chi connectivity index (χ4v) is 19.8. The monoisotopic (exact) mass is 1520 g/mol. The molecule has 3 fully saturated rings. The number of thioether (sulfide) groups is 1. The van der Waals surface area contributed by atoms with Crippen molar-refractivity contribution in [3.05, 3.63) is 239 Å². The first kappa shape index (κ1) is 70.5. The van der Waals surface area contributed by atoms with Gasteiger partial charge in [0.1, 0.15) is 42.6 Å². The van der Waals surface area contributed by atoms with Crippen molar-refractivity contribution in [3.63, 3.8) is 0 Å². The van der Waals surface area contributed by atoms with Crippen molar-refractivity contribution in [1.82, 2.24) is 59.0 Å². The van der Waals surface area contributed by atoms with Crippen molar-refractivity contribution >= 4 is 87.4 Å². The van der Waals surface area contributed by atoms with E-state index in [4.69, 9.17) is 30.3 Å². The summed E-state index contributed by atoms with van der Waals surface area (Å²) in [5.74, 6) is 3.34. The van der Waals surface area contributed by atoms with Crippen LogP contribution in [-0.4, -0.2) is 162 Å². The van der Waals surface area contributed by atoms with E-state index in [2.05, 4.69) is 90.3 Å². The summed E-state index contributed by atoms with van der Waals surface area (Å²) in [5.41, 5.74) is 12.3. The van der Waals surface area contributed by atoms with Crippen LogP contribution in [0.2, 0.25) is 0 Å². The number of nitrogens with zero attached hydrogens (tertiary/aromatic N) is 18. The number of benzene rings is 5. The minimum atomic E-state index is -1.64. The third-order valence-corrected chi connectivity index (χ3v) is 25.5. The van der Waals surface area contributed by atoms with Gasteiger partial charge >= 0.3 is 0 Å². The van der Waals surface area contributed by atoms with Crippen molar-refractivity contribution in [2.45, 2.75) is 152 Å². The molecule has 9 aliphatic rings. The van der Waals surface area contributed by atoms with Crippen molar-refractivity contribution in [2.75, 3.05) is 42.1 Å². The van der Waals surface area contributed by atoms with Gasteiger partial charge in [0.25, 0.3) is 17.7 Å². The first-order chi connectivity index (χ1) is 53.6. The van der Waals surface area contributed by atoms with Crippen LogP contribution >= 0.6 is 23.5 Å². The van der Waals surface area contributed by atoms with E-state index in [1.54, 1.807) is 74.2 Å². The van der Waals surface area contributed by atoms with Crippen LogP contribution in [-0.2, 0) is 30.4 Å². The molecular formula is C84H79FN18O4S3. The highest BCUT2D eigenvalue weighted by molar-refractivity contribution is 7.99. The Labute approximate surface area is 647 Å². The summed E-state index contributed by atoms with van der Waals surface area (Å²) >= 11 is 3.18. The summed E-state index contributed by atoms with van der Waals surface area (Å²) in [4.78, 5) is 81.9. The van der Waals surface area contributed by atoms with Crippen LogP contribution < -0.4 is 14.7 Å². The van der Waals surface area contributed by atoms with Crippen LogP contribution in [0.5, 0.6) is 0 Å². The molecule has 3 amide bonds. The number of rotatable bonds is 14. The van der Waals surface area contributed by atoms with Gasteiger partial charge in [-0.2, -0.15) is 19.7 Å². The maximum Gasteiger partial charge on any atom is 0.267 e. The number of aryl methyl sites for hydroxylation is 2. The van der Waals surface area contributed by atoms with Gasteiger partial charge in [0.15, 0.2) is 17.5 Å². The summed E-state index contributed by atoms with van der Waals surface area (Å²) in [5, 5.41) is 17.2. The number of aromatic nitrogens is 9. The maximum atomic E-state index is 14.0. The molecular weight excluding hydrogens is 1440 g/mol. The Morgan fingerprint density at radius 1 is 0.427 bits per heavy atom. The van der Waals surface area contributed by atoms with Gasteiger partial charge in [-0.15, -0.1) is 11.8 Å². The smallest absolute Gasteiger partial charge is 0.267 e. The summed E-state index contributed by atoms with van der Waals surface area (Å²) in [6, 6.07) is 62.1. The van der Waals surface area contributed by atoms with Gasteiger partial charge in [-0.05, 0) is 155 Å². The molecule has 1 unspecified atom stereocenters. The Kier molecular flexibility index (Phi) is 18.6. The number of carbonyl (C=O) groups is 3. The van der Waals surface area contributed by atoms with Crippen LogP contribution in [0.3, 0.4) is 0 Å². The molecule has 6 aromatic heterocycles. The summed E-state index contributed by atoms with van der Waals surface area (Å²) in [7, 11) is 3.75. The second kappa shape index (κ2) is 29.0. The minimum absolute atomic E-state index is 0.0172. The number of hydrogen-bond donors (Lipinski definition) is 0. The van der Waals surface area contributed by atoms with E-state index >= 15 is 0 Å². The predicted octanol–water partition coefficient (Wildman–Crippen LogP) is 14.3. The zero-order chi connectivity index (χ0) is 75.2.